The van der Waals surface area contributed by atoms with Gasteiger partial charge in [0.25, 0.3) is 0 Å². The normalized spacial score (nSPS) is 14.4. The van der Waals surface area contributed by atoms with Crippen LogP contribution in [0.3, 0.4) is 0 Å². The van der Waals surface area contributed by atoms with Crippen LogP contribution in [-0.2, 0) is 20.0 Å². The van der Waals surface area contributed by atoms with E-state index in [2.05, 4.69) is 15.0 Å². The van der Waals surface area contributed by atoms with Gasteiger partial charge >= 0.3 is 0 Å². The number of benzene rings is 1. The number of sulfonamides is 2. The Morgan fingerprint density at radius 3 is 2.30 bits per heavy atom. The molecule has 2 aromatic rings. The smallest absolute Gasteiger partial charge is 0.248 e. The van der Waals surface area contributed by atoms with Gasteiger partial charge in [-0.15, -0.1) is 0 Å². The molecule has 148 valence electrons. The largest absolute Gasteiger partial charge is 0.412 e. The fraction of sp³-hybridized carbons (Fsp3) is 0.0769. The highest BCUT2D eigenvalue weighted by atomic mass is 35.5. The predicted molar refractivity (Wildman–Crippen MR) is 98.0 cm³/mol. The van der Waals surface area contributed by atoms with Gasteiger partial charge < -0.3 is 16.5 Å². The number of hydrogen-bond acceptors (Lipinski definition) is 7. The molecule has 0 saturated heterocycles. The van der Waals surface area contributed by atoms with Gasteiger partial charge in [-0.1, -0.05) is 11.6 Å². The van der Waals surface area contributed by atoms with Crippen molar-refractivity contribution in [1.29, 1.82) is 0 Å². The molecule has 0 saturated carbocycles. The van der Waals surface area contributed by atoms with Crippen molar-refractivity contribution in [2.24, 2.45) is 10.9 Å². The number of primary sulfonamides is 1. The van der Waals surface area contributed by atoms with Crippen LogP contribution in [0.25, 0.3) is 0 Å². The molecule has 11 nitrogen and oxygen atoms in total. The maximum absolute atomic E-state index is 11.6. The Morgan fingerprint density at radius 1 is 1.22 bits per heavy atom. The zero-order chi connectivity index (χ0) is 19.5. The lowest BCUT2D eigenvalue weighted by molar-refractivity contribution is 0.1000. The third kappa shape index (κ3) is 5.59. The highest BCUT2D eigenvalue weighted by molar-refractivity contribution is 7.90. The number of primary amides is 1. The molecule has 0 spiro atoms. The van der Waals surface area contributed by atoms with E-state index in [1.165, 1.54) is 18.5 Å². The van der Waals surface area contributed by atoms with Crippen LogP contribution in [0, 0.1) is 0 Å². The molecule has 1 aliphatic heterocycles. The van der Waals surface area contributed by atoms with Crippen molar-refractivity contribution in [3.8, 4) is 0 Å². The highest BCUT2D eigenvalue weighted by Crippen LogP contribution is 2.32. The number of amides is 1. The van der Waals surface area contributed by atoms with Gasteiger partial charge in [0.2, 0.25) is 26.0 Å². The number of hydrogen-bond donors (Lipinski definition) is 4. The Labute approximate surface area is 160 Å². The number of halogens is 1. The first-order chi connectivity index (χ1) is 12.0. The minimum atomic E-state index is -4.07. The summed E-state index contributed by atoms with van der Waals surface area (Å²) in [6.45, 7) is 0.0143. The number of pyridine rings is 1. The van der Waals surface area contributed by atoms with Crippen molar-refractivity contribution in [3.63, 3.8) is 0 Å². The molecule has 2 heterocycles. The standard InChI is InChI=1S/C7H8ClN3O4S2.C6H6N2O.H2O/c8-4-1-5-7(2-6(4)16(9,12)13)17(14,15)11-3-10-5;7-6(9)5-1-3-8-4-2-5;/h1-2,10-11H,3H2,(H2,9,12,13);1-4H,(H2,7,9);1H2. The van der Waals surface area contributed by atoms with E-state index in [1.54, 1.807) is 12.1 Å². The first-order valence-electron chi connectivity index (χ1n) is 6.82. The molecule has 27 heavy (non-hydrogen) atoms. The summed E-state index contributed by atoms with van der Waals surface area (Å²) >= 11 is 5.72. The number of fused-ring (bicyclic) bond motifs is 1. The molecule has 0 radical (unpaired) electrons. The highest BCUT2D eigenvalue weighted by Gasteiger charge is 2.26. The molecule has 3 rings (SSSR count). The van der Waals surface area contributed by atoms with E-state index in [-0.39, 0.29) is 27.8 Å². The van der Waals surface area contributed by atoms with Crippen LogP contribution in [-0.4, -0.2) is 39.9 Å². The average Bonchev–Trinajstić information content (AvgIpc) is 2.54. The van der Waals surface area contributed by atoms with Gasteiger partial charge in [0.1, 0.15) is 9.79 Å². The van der Waals surface area contributed by atoms with Crippen LogP contribution in [0.1, 0.15) is 10.4 Å². The molecular weight excluding hydrogens is 422 g/mol. The van der Waals surface area contributed by atoms with E-state index >= 15 is 0 Å². The number of rotatable bonds is 2. The number of anilines is 1. The minimum absolute atomic E-state index is 0. The quantitative estimate of drug-likeness (QED) is 0.460. The molecule has 1 aromatic carbocycles. The molecular formula is C13H16ClN5O6S2. The monoisotopic (exact) mass is 437 g/mol. The van der Waals surface area contributed by atoms with E-state index in [9.17, 15) is 21.6 Å². The minimum Gasteiger partial charge on any atom is -0.412 e. The molecule has 0 atom stereocenters. The predicted octanol–water partition coefficient (Wildman–Crippen LogP) is -0.995. The summed E-state index contributed by atoms with van der Waals surface area (Å²) in [6.07, 6.45) is 3.06. The first kappa shape index (κ1) is 22.8. The summed E-state index contributed by atoms with van der Waals surface area (Å²) in [5.41, 5.74) is 5.67. The third-order valence-electron chi connectivity index (χ3n) is 3.14. The van der Waals surface area contributed by atoms with Gasteiger partial charge in [0.05, 0.1) is 17.4 Å². The third-order valence-corrected chi connectivity index (χ3v) is 5.95. The summed E-state index contributed by atoms with van der Waals surface area (Å²) in [6, 6.07) is 5.29. The van der Waals surface area contributed by atoms with E-state index in [1.807, 2.05) is 0 Å². The van der Waals surface area contributed by atoms with Gasteiger partial charge in [-0.05, 0) is 24.3 Å². The number of nitrogens with one attached hydrogen (secondary N) is 2. The topological polar surface area (TPSA) is 206 Å². The molecule has 0 unspecified atom stereocenters. The first-order valence-corrected chi connectivity index (χ1v) is 10.2. The lowest BCUT2D eigenvalue weighted by atomic mass is 10.3. The number of nitrogens with zero attached hydrogens (tertiary/aromatic N) is 1. The zero-order valence-corrected chi connectivity index (χ0v) is 15.9. The average molecular weight is 438 g/mol. The molecule has 14 heteroatoms. The van der Waals surface area contributed by atoms with Crippen LogP contribution < -0.4 is 20.9 Å². The summed E-state index contributed by atoms with van der Waals surface area (Å²) in [7, 11) is -7.80. The SMILES string of the molecule is NC(=O)c1ccncc1.NS(=O)(=O)c1cc2c(cc1Cl)NCNS2(=O)=O.O. The van der Waals surface area contributed by atoms with Crippen LogP contribution >= 0.6 is 11.6 Å². The van der Waals surface area contributed by atoms with Crippen molar-refractivity contribution in [1.82, 2.24) is 9.71 Å². The summed E-state index contributed by atoms with van der Waals surface area (Å²) in [5.74, 6) is -0.419. The summed E-state index contributed by atoms with van der Waals surface area (Å²) < 4.78 is 47.9. The number of carbonyl (C=O) groups excluding carboxylic acids is 1. The van der Waals surface area contributed by atoms with E-state index in [0.717, 1.165) is 6.07 Å². The van der Waals surface area contributed by atoms with Gasteiger partial charge in [-0.3, -0.25) is 9.78 Å². The Hall–Kier alpha value is -2.29. The van der Waals surface area contributed by atoms with Crippen molar-refractivity contribution < 1.29 is 27.1 Å². The Morgan fingerprint density at radius 2 is 1.81 bits per heavy atom. The number of carbonyl (C=O) groups is 1. The van der Waals surface area contributed by atoms with E-state index in [4.69, 9.17) is 22.5 Å². The van der Waals surface area contributed by atoms with Crippen LogP contribution in [0.15, 0.2) is 46.5 Å². The van der Waals surface area contributed by atoms with Crippen molar-refractivity contribution >= 4 is 43.2 Å². The summed E-state index contributed by atoms with van der Waals surface area (Å²) in [5, 5.41) is 7.53. The fourth-order valence-corrected chi connectivity index (χ4v) is 4.22. The lowest BCUT2D eigenvalue weighted by Crippen LogP contribution is -2.34. The van der Waals surface area contributed by atoms with Crippen LogP contribution in [0.2, 0.25) is 5.02 Å². The Balaban J connectivity index is 0.000000310. The Kier molecular flexibility index (Phi) is 7.25. The second kappa shape index (κ2) is 8.60. The van der Waals surface area contributed by atoms with Gasteiger partial charge in [-0.25, -0.2) is 22.0 Å². The maximum Gasteiger partial charge on any atom is 0.248 e. The fourth-order valence-electron chi connectivity index (χ4n) is 1.93. The van der Waals surface area contributed by atoms with Gasteiger partial charge in [-0.2, -0.15) is 4.72 Å². The molecule has 0 fully saturated rings. The van der Waals surface area contributed by atoms with E-state index in [0.29, 0.717) is 5.56 Å². The van der Waals surface area contributed by atoms with Crippen LogP contribution in [0.4, 0.5) is 5.69 Å². The molecule has 8 N–H and O–H groups in total. The molecule has 0 aliphatic carbocycles. The summed E-state index contributed by atoms with van der Waals surface area (Å²) in [4.78, 5) is 13.5. The molecule has 1 amide bonds. The van der Waals surface area contributed by atoms with Gasteiger partial charge in [0.15, 0.2) is 0 Å². The molecule has 0 bridgehead atoms. The molecule has 1 aromatic heterocycles. The lowest BCUT2D eigenvalue weighted by Gasteiger charge is -2.20. The van der Waals surface area contributed by atoms with Crippen molar-refractivity contribution in [2.75, 3.05) is 12.0 Å². The number of aromatic nitrogens is 1. The number of nitrogens with two attached hydrogens (primary N) is 2. The van der Waals surface area contributed by atoms with Crippen LogP contribution in [0.5, 0.6) is 0 Å². The Bertz CT molecular complexity index is 1040. The second-order valence-corrected chi connectivity index (χ2v) is 8.60. The van der Waals surface area contributed by atoms with Crippen molar-refractivity contribution in [2.45, 2.75) is 9.79 Å². The zero-order valence-electron chi connectivity index (χ0n) is 13.5. The molecule has 1 aliphatic rings. The maximum atomic E-state index is 11.6. The van der Waals surface area contributed by atoms with E-state index < -0.39 is 30.8 Å². The second-order valence-electron chi connectivity index (χ2n) is 4.93. The van der Waals surface area contributed by atoms with Crippen molar-refractivity contribution in [3.05, 3.63) is 47.2 Å². The van der Waals surface area contributed by atoms with Gasteiger partial charge in [0, 0.05) is 18.0 Å².